The number of nitrogens with one attached hydrogen (secondary N) is 2. The Kier molecular flexibility index (Phi) is 9.70. The summed E-state index contributed by atoms with van der Waals surface area (Å²) in [5, 5.41) is 17.4. The average molecular weight is 558 g/mol. The van der Waals surface area contributed by atoms with Crippen LogP contribution in [0.4, 0.5) is 13.6 Å². The summed E-state index contributed by atoms with van der Waals surface area (Å²) in [7, 11) is 0. The summed E-state index contributed by atoms with van der Waals surface area (Å²) in [5.41, 5.74) is 1.15. The molecule has 0 unspecified atom stereocenters. The first-order chi connectivity index (χ1) is 19.2. The van der Waals surface area contributed by atoms with Gasteiger partial charge in [-0.25, -0.2) is 13.6 Å². The van der Waals surface area contributed by atoms with E-state index in [9.17, 15) is 28.3 Å². The van der Waals surface area contributed by atoms with Crippen molar-refractivity contribution in [2.45, 2.75) is 57.5 Å². The van der Waals surface area contributed by atoms with Crippen LogP contribution in [0.25, 0.3) is 0 Å². The van der Waals surface area contributed by atoms with E-state index in [2.05, 4.69) is 10.6 Å². The van der Waals surface area contributed by atoms with E-state index in [1.54, 1.807) is 16.7 Å². The number of aliphatic hydroxyl groups is 1. The number of hydrogen-bond donors (Lipinski definition) is 3. The van der Waals surface area contributed by atoms with Crippen LogP contribution >= 0.6 is 0 Å². The molecule has 2 fully saturated rings. The Morgan fingerprint density at radius 3 is 2.42 bits per heavy atom. The molecule has 216 valence electrons. The summed E-state index contributed by atoms with van der Waals surface area (Å²) >= 11 is 0. The highest BCUT2D eigenvalue weighted by atomic mass is 19.1. The van der Waals surface area contributed by atoms with Gasteiger partial charge in [-0.3, -0.25) is 9.59 Å². The highest BCUT2D eigenvalue weighted by molar-refractivity contribution is 5.91. The van der Waals surface area contributed by atoms with Crippen LogP contribution in [0.5, 0.6) is 0 Å². The average Bonchev–Trinajstić information content (AvgIpc) is 3.24. The molecule has 11 heteroatoms. The van der Waals surface area contributed by atoms with Gasteiger partial charge in [-0.05, 0) is 43.0 Å². The second-order valence-electron chi connectivity index (χ2n) is 10.3. The summed E-state index contributed by atoms with van der Waals surface area (Å²) in [4.78, 5) is 44.4. The molecule has 2 aromatic rings. The van der Waals surface area contributed by atoms with E-state index in [-0.39, 0.29) is 30.5 Å². The Hall–Kier alpha value is -3.57. The zero-order valence-corrected chi connectivity index (χ0v) is 22.9. The molecule has 3 N–H and O–H groups in total. The van der Waals surface area contributed by atoms with Crippen LogP contribution in [0, 0.1) is 11.6 Å². The molecule has 0 spiro atoms. The summed E-state index contributed by atoms with van der Waals surface area (Å²) in [6, 6.07) is 9.32. The number of aliphatic hydroxyl groups excluding tert-OH is 1. The number of halogens is 2. The molecule has 9 nitrogen and oxygen atoms in total. The lowest BCUT2D eigenvalue weighted by Gasteiger charge is -2.38. The van der Waals surface area contributed by atoms with Gasteiger partial charge in [-0.2, -0.15) is 0 Å². The molecule has 2 heterocycles. The van der Waals surface area contributed by atoms with Crippen molar-refractivity contribution >= 4 is 17.8 Å². The molecule has 0 radical (unpaired) electrons. The first kappa shape index (κ1) is 29.4. The van der Waals surface area contributed by atoms with Gasteiger partial charge in [0.2, 0.25) is 11.8 Å². The molecular formula is C29H37F2N5O4. The van der Waals surface area contributed by atoms with Gasteiger partial charge in [-0.15, -0.1) is 0 Å². The molecule has 4 rings (SSSR count). The normalized spacial score (nSPS) is 21.1. The third kappa shape index (κ3) is 6.76. The van der Waals surface area contributed by atoms with Gasteiger partial charge in [0.05, 0.1) is 18.7 Å². The molecule has 4 atom stereocenters. The Morgan fingerprint density at radius 1 is 1.07 bits per heavy atom. The quantitative estimate of drug-likeness (QED) is 0.392. The van der Waals surface area contributed by atoms with Gasteiger partial charge in [0.1, 0.15) is 23.7 Å². The minimum absolute atomic E-state index is 0.128. The fourth-order valence-electron chi connectivity index (χ4n) is 5.47. The molecule has 4 amide bonds. The SMILES string of the molecule is CCCN1C[C@@H](C(=O)N[C@@H](Cc2cc(F)cc(F)c2)[C@H](O)[C@@H]2NCCN(Cc3ccccc3)C2=O)N(CC)C1=O. The second kappa shape index (κ2) is 13.2. The van der Waals surface area contributed by atoms with Crippen LogP contribution in [0.15, 0.2) is 48.5 Å². The maximum Gasteiger partial charge on any atom is 0.320 e. The largest absolute Gasteiger partial charge is 0.389 e. The van der Waals surface area contributed by atoms with Crippen molar-refractivity contribution < 1.29 is 28.3 Å². The predicted octanol–water partition coefficient (Wildman–Crippen LogP) is 1.89. The smallest absolute Gasteiger partial charge is 0.320 e. The lowest BCUT2D eigenvalue weighted by atomic mass is 9.93. The lowest BCUT2D eigenvalue weighted by molar-refractivity contribution is -0.141. The summed E-state index contributed by atoms with van der Waals surface area (Å²) in [5.74, 6) is -2.42. The molecule has 2 aliphatic heterocycles. The standard InChI is InChI=1S/C29H37F2N5O4/c1-3-11-35-18-24(36(4-2)29(35)40)27(38)33-23(15-20-13-21(30)16-22(31)14-20)26(37)25-28(39)34(12-10-32-25)17-19-8-6-5-7-9-19/h5-9,13-14,16,23-26,32,37H,3-4,10-12,15,17-18H2,1-2H3,(H,33,38)/t23-,24-,25-,26-/m0/s1. The van der Waals surface area contributed by atoms with Crippen LogP contribution in [0.3, 0.4) is 0 Å². The first-order valence-electron chi connectivity index (χ1n) is 13.8. The molecule has 0 bridgehead atoms. The van der Waals surface area contributed by atoms with Crippen molar-refractivity contribution in [1.29, 1.82) is 0 Å². The van der Waals surface area contributed by atoms with E-state index in [4.69, 9.17) is 0 Å². The van der Waals surface area contributed by atoms with Crippen LogP contribution in [-0.4, -0.2) is 94.6 Å². The minimum atomic E-state index is -1.42. The number of carbonyl (C=O) groups excluding carboxylic acids is 3. The van der Waals surface area contributed by atoms with E-state index in [0.717, 1.165) is 30.2 Å². The summed E-state index contributed by atoms with van der Waals surface area (Å²) < 4.78 is 28.0. The van der Waals surface area contributed by atoms with E-state index in [1.165, 1.54) is 4.90 Å². The number of rotatable bonds is 11. The molecular weight excluding hydrogens is 520 g/mol. The summed E-state index contributed by atoms with van der Waals surface area (Å²) in [6.45, 7) is 5.95. The third-order valence-corrected chi connectivity index (χ3v) is 7.42. The van der Waals surface area contributed by atoms with Gasteiger partial charge in [0.15, 0.2) is 0 Å². The number of amides is 4. The van der Waals surface area contributed by atoms with Gasteiger partial charge in [0.25, 0.3) is 0 Å². The highest BCUT2D eigenvalue weighted by Gasteiger charge is 2.43. The molecule has 0 aromatic heterocycles. The molecule has 2 aromatic carbocycles. The van der Waals surface area contributed by atoms with E-state index in [1.807, 2.05) is 37.3 Å². The monoisotopic (exact) mass is 557 g/mol. The van der Waals surface area contributed by atoms with Crippen LogP contribution in [-0.2, 0) is 22.6 Å². The lowest BCUT2D eigenvalue weighted by Crippen LogP contribution is -2.64. The maximum absolute atomic E-state index is 14.0. The van der Waals surface area contributed by atoms with Crippen LogP contribution in [0.2, 0.25) is 0 Å². The van der Waals surface area contributed by atoms with Crippen molar-refractivity contribution in [2.24, 2.45) is 0 Å². The van der Waals surface area contributed by atoms with E-state index < -0.39 is 41.8 Å². The van der Waals surface area contributed by atoms with Crippen molar-refractivity contribution in [1.82, 2.24) is 25.3 Å². The van der Waals surface area contributed by atoms with E-state index in [0.29, 0.717) is 32.7 Å². The predicted molar refractivity (Wildman–Crippen MR) is 145 cm³/mol. The van der Waals surface area contributed by atoms with Gasteiger partial charge in [-0.1, -0.05) is 37.3 Å². The van der Waals surface area contributed by atoms with Gasteiger partial charge in [0, 0.05) is 38.8 Å². The van der Waals surface area contributed by atoms with Crippen LogP contribution < -0.4 is 10.6 Å². The summed E-state index contributed by atoms with van der Waals surface area (Å²) in [6.07, 6.45) is -0.809. The Bertz CT molecular complexity index is 1180. The fraction of sp³-hybridized carbons (Fsp3) is 0.483. The molecule has 0 aliphatic carbocycles. The van der Waals surface area contributed by atoms with Gasteiger partial charge >= 0.3 is 6.03 Å². The minimum Gasteiger partial charge on any atom is -0.389 e. The van der Waals surface area contributed by atoms with E-state index >= 15 is 0 Å². The zero-order chi connectivity index (χ0) is 28.8. The highest BCUT2D eigenvalue weighted by Crippen LogP contribution is 2.20. The number of likely N-dealkylation sites (N-methyl/N-ethyl adjacent to an activating group) is 1. The Balaban J connectivity index is 1.56. The number of urea groups is 1. The van der Waals surface area contributed by atoms with Crippen molar-refractivity contribution in [3.63, 3.8) is 0 Å². The molecule has 0 saturated carbocycles. The van der Waals surface area contributed by atoms with Crippen molar-refractivity contribution in [3.8, 4) is 0 Å². The van der Waals surface area contributed by atoms with Crippen molar-refractivity contribution in [3.05, 3.63) is 71.3 Å². The topological polar surface area (TPSA) is 105 Å². The number of hydrogen-bond acceptors (Lipinski definition) is 5. The molecule has 2 aliphatic rings. The first-order valence-corrected chi connectivity index (χ1v) is 13.8. The third-order valence-electron chi connectivity index (χ3n) is 7.42. The number of nitrogens with zero attached hydrogens (tertiary/aromatic N) is 3. The molecule has 2 saturated heterocycles. The Morgan fingerprint density at radius 2 is 1.77 bits per heavy atom. The number of carbonyl (C=O) groups is 3. The zero-order valence-electron chi connectivity index (χ0n) is 22.9. The Labute approximate surface area is 233 Å². The molecule has 40 heavy (non-hydrogen) atoms. The number of piperazine rings is 1. The second-order valence-corrected chi connectivity index (χ2v) is 10.3. The fourth-order valence-corrected chi connectivity index (χ4v) is 5.47. The van der Waals surface area contributed by atoms with Crippen molar-refractivity contribution in [2.75, 3.05) is 32.7 Å². The number of benzene rings is 2. The maximum atomic E-state index is 14.0. The van der Waals surface area contributed by atoms with Crippen LogP contribution in [0.1, 0.15) is 31.4 Å². The van der Waals surface area contributed by atoms with Gasteiger partial charge < -0.3 is 30.4 Å².